The Morgan fingerprint density at radius 3 is 2.72 bits per heavy atom. The van der Waals surface area contributed by atoms with Crippen molar-refractivity contribution in [2.75, 3.05) is 22.6 Å². The van der Waals surface area contributed by atoms with Gasteiger partial charge in [0.2, 0.25) is 11.8 Å². The molecule has 1 aliphatic heterocycles. The molecule has 0 atom stereocenters. The topological polar surface area (TPSA) is 83.1 Å². The number of anilines is 4. The lowest BCUT2D eigenvalue weighted by Gasteiger charge is -2.23. The van der Waals surface area contributed by atoms with Gasteiger partial charge in [-0.2, -0.15) is 9.97 Å². The van der Waals surface area contributed by atoms with E-state index in [-0.39, 0.29) is 6.10 Å². The molecule has 2 heterocycles. The third-order valence-electron chi connectivity index (χ3n) is 5.08. The van der Waals surface area contributed by atoms with E-state index in [2.05, 4.69) is 64.6 Å². The summed E-state index contributed by atoms with van der Waals surface area (Å²) in [6, 6.07) is 6.77. The average Bonchev–Trinajstić information content (AvgIpc) is 3.18. The van der Waals surface area contributed by atoms with Gasteiger partial charge >= 0.3 is 0 Å². The second kappa shape index (κ2) is 9.09. The van der Waals surface area contributed by atoms with Crippen molar-refractivity contribution >= 4 is 35.1 Å². The van der Waals surface area contributed by atoms with Crippen molar-refractivity contribution in [2.45, 2.75) is 69.9 Å². The van der Waals surface area contributed by atoms with Crippen molar-refractivity contribution in [3.05, 3.63) is 23.8 Å². The molecule has 156 valence electrons. The quantitative estimate of drug-likeness (QED) is 0.469. The van der Waals surface area contributed by atoms with Crippen LogP contribution in [-0.4, -0.2) is 28.8 Å². The smallest absolute Gasteiger partial charge is 0.244 e. The van der Waals surface area contributed by atoms with Crippen molar-refractivity contribution in [3.63, 3.8) is 0 Å². The third-order valence-corrected chi connectivity index (χ3v) is 6.16. The number of ether oxygens (including phenoxy) is 1. The number of nitrogens with zero attached hydrogens (tertiary/aromatic N) is 2. The minimum absolute atomic E-state index is 0.240. The maximum absolute atomic E-state index is 6.27. The number of nitrogens with one attached hydrogen (secondary N) is 4. The Labute approximate surface area is 177 Å². The number of hydrogen-bond donors (Lipinski definition) is 4. The van der Waals surface area contributed by atoms with Crippen molar-refractivity contribution < 1.29 is 4.74 Å². The number of aryl methyl sites for hydroxylation is 1. The molecule has 0 unspecified atom stereocenters. The van der Waals surface area contributed by atoms with Crippen LogP contribution < -0.4 is 25.4 Å². The van der Waals surface area contributed by atoms with Crippen LogP contribution in [0.15, 0.2) is 23.1 Å². The van der Waals surface area contributed by atoms with Gasteiger partial charge < -0.3 is 20.7 Å². The first-order valence-electron chi connectivity index (χ1n) is 10.4. The molecule has 4 rings (SSSR count). The summed E-state index contributed by atoms with van der Waals surface area (Å²) in [7, 11) is 0. The highest BCUT2D eigenvalue weighted by Crippen LogP contribution is 2.37. The standard InChI is InChI=1S/C21H30N6OS/c1-13(2)27-29-16-9-10-17(14(3)11-16)24-21-25-19-18(22-12-23-19)20(26-21)28-15-7-5-4-6-8-15/h9-11,13,15,22,27H,4-8,12H2,1-3H3,(H2,23,24,25,26). The average molecular weight is 415 g/mol. The molecular formula is C21H30N6OS. The SMILES string of the molecule is Cc1cc(SNC(C)C)ccc1Nc1nc2c(c(OC3CCCCC3)n1)NCN2. The van der Waals surface area contributed by atoms with Gasteiger partial charge in [0.05, 0.1) is 6.67 Å². The predicted molar refractivity (Wildman–Crippen MR) is 120 cm³/mol. The number of rotatable bonds is 7. The molecule has 2 aromatic rings. The van der Waals surface area contributed by atoms with Gasteiger partial charge in [-0.05, 0) is 82.2 Å². The van der Waals surface area contributed by atoms with Gasteiger partial charge in [-0.3, -0.25) is 4.72 Å². The summed E-state index contributed by atoms with van der Waals surface area (Å²) >= 11 is 1.65. The van der Waals surface area contributed by atoms with Crippen molar-refractivity contribution in [2.24, 2.45) is 0 Å². The zero-order chi connectivity index (χ0) is 20.2. The summed E-state index contributed by atoms with van der Waals surface area (Å²) in [6.07, 6.45) is 6.18. The Hall–Kier alpha value is -2.19. The van der Waals surface area contributed by atoms with Crippen LogP contribution >= 0.6 is 11.9 Å². The summed E-state index contributed by atoms with van der Waals surface area (Å²) in [6.45, 7) is 7.00. The molecular weight excluding hydrogens is 384 g/mol. The zero-order valence-corrected chi connectivity index (χ0v) is 18.2. The summed E-state index contributed by atoms with van der Waals surface area (Å²) in [4.78, 5) is 10.5. The number of aromatic nitrogens is 2. The van der Waals surface area contributed by atoms with E-state index in [1.165, 1.54) is 24.2 Å². The second-order valence-electron chi connectivity index (χ2n) is 7.96. The molecule has 0 radical (unpaired) electrons. The van der Waals surface area contributed by atoms with E-state index >= 15 is 0 Å². The van der Waals surface area contributed by atoms with Crippen LogP contribution in [0, 0.1) is 6.92 Å². The Morgan fingerprint density at radius 1 is 1.14 bits per heavy atom. The van der Waals surface area contributed by atoms with E-state index in [4.69, 9.17) is 9.72 Å². The highest BCUT2D eigenvalue weighted by atomic mass is 32.2. The lowest BCUT2D eigenvalue weighted by molar-refractivity contribution is 0.150. The van der Waals surface area contributed by atoms with E-state index in [0.29, 0.717) is 24.5 Å². The molecule has 4 N–H and O–H groups in total. The van der Waals surface area contributed by atoms with E-state index in [1.54, 1.807) is 11.9 Å². The van der Waals surface area contributed by atoms with Gasteiger partial charge in [-0.25, -0.2) is 0 Å². The molecule has 0 bridgehead atoms. The van der Waals surface area contributed by atoms with Crippen LogP contribution in [0.4, 0.5) is 23.1 Å². The molecule has 0 spiro atoms. The lowest BCUT2D eigenvalue weighted by atomic mass is 9.98. The maximum atomic E-state index is 6.27. The first-order valence-corrected chi connectivity index (χ1v) is 11.3. The molecule has 0 amide bonds. The highest BCUT2D eigenvalue weighted by molar-refractivity contribution is 7.97. The largest absolute Gasteiger partial charge is 0.473 e. The number of benzene rings is 1. The van der Waals surface area contributed by atoms with Gasteiger partial charge in [0.15, 0.2) is 5.82 Å². The van der Waals surface area contributed by atoms with Crippen LogP contribution in [0.5, 0.6) is 5.88 Å². The Kier molecular flexibility index (Phi) is 6.30. The molecule has 1 aromatic carbocycles. The van der Waals surface area contributed by atoms with Crippen molar-refractivity contribution in [1.82, 2.24) is 14.7 Å². The molecule has 2 aliphatic rings. The Morgan fingerprint density at radius 2 is 1.97 bits per heavy atom. The summed E-state index contributed by atoms with van der Waals surface area (Å²) in [5.74, 6) is 1.98. The van der Waals surface area contributed by atoms with Crippen LogP contribution in [0.1, 0.15) is 51.5 Å². The molecule has 7 nitrogen and oxygen atoms in total. The van der Waals surface area contributed by atoms with Crippen LogP contribution in [0.2, 0.25) is 0 Å². The van der Waals surface area contributed by atoms with Gasteiger partial charge in [0.1, 0.15) is 11.8 Å². The molecule has 1 fully saturated rings. The zero-order valence-electron chi connectivity index (χ0n) is 17.3. The Balaban J connectivity index is 1.52. The molecule has 0 saturated heterocycles. The Bertz CT molecular complexity index is 853. The van der Waals surface area contributed by atoms with Gasteiger partial charge in [-0.1, -0.05) is 6.42 Å². The van der Waals surface area contributed by atoms with E-state index in [0.717, 1.165) is 35.6 Å². The van der Waals surface area contributed by atoms with Crippen molar-refractivity contribution in [3.8, 4) is 5.88 Å². The summed E-state index contributed by atoms with van der Waals surface area (Å²) in [5, 5.41) is 9.93. The van der Waals surface area contributed by atoms with Crippen LogP contribution in [-0.2, 0) is 0 Å². The molecule has 1 saturated carbocycles. The fraction of sp³-hybridized carbons (Fsp3) is 0.524. The molecule has 1 aliphatic carbocycles. The fourth-order valence-corrected chi connectivity index (χ4v) is 4.32. The van der Waals surface area contributed by atoms with Gasteiger partial charge in [0.25, 0.3) is 0 Å². The summed E-state index contributed by atoms with van der Waals surface area (Å²) in [5.41, 5.74) is 3.00. The van der Waals surface area contributed by atoms with E-state index in [1.807, 2.05) is 0 Å². The van der Waals surface area contributed by atoms with Crippen LogP contribution in [0.3, 0.4) is 0 Å². The third kappa shape index (κ3) is 5.05. The normalized spacial score (nSPS) is 16.3. The van der Waals surface area contributed by atoms with Crippen molar-refractivity contribution in [1.29, 1.82) is 0 Å². The minimum atomic E-state index is 0.240. The highest BCUT2D eigenvalue weighted by Gasteiger charge is 2.24. The lowest BCUT2D eigenvalue weighted by Crippen LogP contribution is -2.21. The number of hydrogen-bond acceptors (Lipinski definition) is 8. The maximum Gasteiger partial charge on any atom is 0.244 e. The molecule has 8 heteroatoms. The van der Waals surface area contributed by atoms with E-state index in [9.17, 15) is 0 Å². The van der Waals surface area contributed by atoms with Gasteiger partial charge in [-0.15, -0.1) is 0 Å². The van der Waals surface area contributed by atoms with Crippen LogP contribution in [0.25, 0.3) is 0 Å². The number of fused-ring (bicyclic) bond motifs is 1. The van der Waals surface area contributed by atoms with E-state index < -0.39 is 0 Å². The van der Waals surface area contributed by atoms with Gasteiger partial charge in [0, 0.05) is 16.6 Å². The fourth-order valence-electron chi connectivity index (χ4n) is 3.57. The monoisotopic (exact) mass is 414 g/mol. The second-order valence-corrected chi connectivity index (χ2v) is 8.87. The molecule has 1 aromatic heterocycles. The first-order chi connectivity index (χ1) is 14.1. The predicted octanol–water partition coefficient (Wildman–Crippen LogP) is 5.04. The summed E-state index contributed by atoms with van der Waals surface area (Å²) < 4.78 is 9.65. The minimum Gasteiger partial charge on any atom is -0.473 e. The first kappa shape index (κ1) is 20.1. The molecule has 29 heavy (non-hydrogen) atoms.